The molecule has 0 aromatic rings. The van der Waals surface area contributed by atoms with E-state index in [0.29, 0.717) is 0 Å². The van der Waals surface area contributed by atoms with E-state index in [4.69, 9.17) is 4.74 Å². The van der Waals surface area contributed by atoms with Crippen LogP contribution in [-0.2, 0) is 4.74 Å². The molecule has 1 unspecified atom stereocenters. The minimum atomic E-state index is -0.939. The largest absolute Gasteiger partial charge is 0.444 e. The average Bonchev–Trinajstić information content (AvgIpc) is 1.96. The van der Waals surface area contributed by atoms with Crippen LogP contribution in [0.5, 0.6) is 0 Å². The fourth-order valence-electron chi connectivity index (χ4n) is 0.966. The third-order valence-electron chi connectivity index (χ3n) is 2.28. The molecule has 90 valence electrons. The maximum absolute atomic E-state index is 11.6. The van der Waals surface area contributed by atoms with E-state index >= 15 is 0 Å². The molecule has 0 rings (SSSR count). The molecule has 0 aliphatic carbocycles. The Morgan fingerprint density at radius 3 is 1.93 bits per heavy atom. The van der Waals surface area contributed by atoms with Crippen LogP contribution >= 0.6 is 0 Å². The topological polar surface area (TPSA) is 49.8 Å². The van der Waals surface area contributed by atoms with Crippen molar-refractivity contribution in [2.24, 2.45) is 0 Å². The molecule has 4 nitrogen and oxygen atoms in total. The summed E-state index contributed by atoms with van der Waals surface area (Å²) in [6.07, 6.45) is -0.419. The second kappa shape index (κ2) is 4.39. The summed E-state index contributed by atoms with van der Waals surface area (Å²) in [4.78, 5) is 13.0. The average molecular weight is 217 g/mol. The first-order valence-corrected chi connectivity index (χ1v) is 5.13. The summed E-state index contributed by atoms with van der Waals surface area (Å²) in [7, 11) is 1.62. The second-order valence-corrected chi connectivity index (χ2v) is 5.42. The first-order chi connectivity index (χ1) is 6.45. The van der Waals surface area contributed by atoms with Gasteiger partial charge in [-0.05, 0) is 41.5 Å². The van der Waals surface area contributed by atoms with E-state index in [2.05, 4.69) is 0 Å². The summed E-state index contributed by atoms with van der Waals surface area (Å²) < 4.78 is 5.19. The Balaban J connectivity index is 4.46. The zero-order chi connectivity index (χ0) is 12.4. The van der Waals surface area contributed by atoms with Gasteiger partial charge in [-0.1, -0.05) is 0 Å². The molecule has 1 atom stereocenters. The number of rotatable bonds is 2. The van der Waals surface area contributed by atoms with Crippen molar-refractivity contribution in [1.29, 1.82) is 0 Å². The Kier molecular flexibility index (Phi) is 4.17. The van der Waals surface area contributed by atoms with Gasteiger partial charge >= 0.3 is 6.09 Å². The summed E-state index contributed by atoms with van der Waals surface area (Å²) in [5.41, 5.74) is -1.45. The van der Waals surface area contributed by atoms with Crippen LogP contribution in [0.2, 0.25) is 0 Å². The van der Waals surface area contributed by atoms with Gasteiger partial charge in [0.1, 0.15) is 5.60 Å². The molecule has 1 amide bonds. The monoisotopic (exact) mass is 217 g/mol. The van der Waals surface area contributed by atoms with Gasteiger partial charge in [0.25, 0.3) is 0 Å². The quantitative estimate of drug-likeness (QED) is 0.769. The Morgan fingerprint density at radius 2 is 1.67 bits per heavy atom. The van der Waals surface area contributed by atoms with E-state index in [1.807, 2.05) is 20.8 Å². The standard InChI is InChI=1S/C11H23NO3/c1-8(11(5,6)14)12(7)9(13)15-10(2,3)4/h8,14H,1-7H3. The lowest BCUT2D eigenvalue weighted by Crippen LogP contribution is -2.49. The normalized spacial score (nSPS) is 14.7. The first kappa shape index (κ1) is 14.2. The van der Waals surface area contributed by atoms with E-state index in [0.717, 1.165) is 0 Å². The van der Waals surface area contributed by atoms with Gasteiger partial charge in [-0.3, -0.25) is 0 Å². The summed E-state index contributed by atoms with van der Waals surface area (Å²) in [5.74, 6) is 0. The molecule has 0 aliphatic rings. The van der Waals surface area contributed by atoms with Crippen molar-refractivity contribution in [3.63, 3.8) is 0 Å². The number of ether oxygens (including phenoxy) is 1. The summed E-state index contributed by atoms with van der Waals surface area (Å²) in [6.45, 7) is 10.6. The summed E-state index contributed by atoms with van der Waals surface area (Å²) >= 11 is 0. The molecule has 0 bridgehead atoms. The van der Waals surface area contributed by atoms with Gasteiger partial charge in [0.15, 0.2) is 0 Å². The van der Waals surface area contributed by atoms with Crippen LogP contribution in [0.3, 0.4) is 0 Å². The van der Waals surface area contributed by atoms with Crippen LogP contribution in [0.15, 0.2) is 0 Å². The molecule has 0 aromatic carbocycles. The minimum absolute atomic E-state index is 0.299. The van der Waals surface area contributed by atoms with Crippen LogP contribution in [0.1, 0.15) is 41.5 Å². The van der Waals surface area contributed by atoms with Crippen molar-refractivity contribution in [3.8, 4) is 0 Å². The molecule has 0 radical (unpaired) electrons. The highest BCUT2D eigenvalue weighted by atomic mass is 16.6. The molecule has 0 saturated heterocycles. The number of hydrogen-bond donors (Lipinski definition) is 1. The van der Waals surface area contributed by atoms with Crippen LogP contribution < -0.4 is 0 Å². The van der Waals surface area contributed by atoms with Crippen LogP contribution in [0, 0.1) is 0 Å². The number of amides is 1. The molecule has 0 heterocycles. The molecule has 1 N–H and O–H groups in total. The number of likely N-dealkylation sites (N-methyl/N-ethyl adjacent to an activating group) is 1. The Morgan fingerprint density at radius 1 is 1.27 bits per heavy atom. The van der Waals surface area contributed by atoms with Gasteiger partial charge in [0.05, 0.1) is 11.6 Å². The number of carbonyl (C=O) groups excluding carboxylic acids is 1. The highest BCUT2D eigenvalue weighted by molar-refractivity contribution is 5.68. The third kappa shape index (κ3) is 5.02. The van der Waals surface area contributed by atoms with Crippen LogP contribution in [-0.4, -0.2) is 40.4 Å². The Bertz CT molecular complexity index is 225. The van der Waals surface area contributed by atoms with E-state index < -0.39 is 17.3 Å². The predicted molar refractivity (Wildman–Crippen MR) is 59.8 cm³/mol. The van der Waals surface area contributed by atoms with Gasteiger partial charge in [-0.2, -0.15) is 0 Å². The fraction of sp³-hybridized carbons (Fsp3) is 0.909. The highest BCUT2D eigenvalue weighted by Gasteiger charge is 2.31. The van der Waals surface area contributed by atoms with Crippen molar-refractivity contribution in [3.05, 3.63) is 0 Å². The molecule has 0 spiro atoms. The lowest BCUT2D eigenvalue weighted by atomic mass is 10.00. The minimum Gasteiger partial charge on any atom is -0.444 e. The predicted octanol–water partition coefficient (Wildman–Crippen LogP) is 2.01. The molecular weight excluding hydrogens is 194 g/mol. The zero-order valence-electron chi connectivity index (χ0n) is 10.8. The maximum atomic E-state index is 11.6. The number of hydrogen-bond acceptors (Lipinski definition) is 3. The van der Waals surface area contributed by atoms with Crippen molar-refractivity contribution in [2.75, 3.05) is 7.05 Å². The van der Waals surface area contributed by atoms with Crippen LogP contribution in [0.4, 0.5) is 4.79 Å². The Hall–Kier alpha value is -0.770. The number of carbonyl (C=O) groups is 1. The van der Waals surface area contributed by atoms with Gasteiger partial charge in [-0.25, -0.2) is 4.79 Å². The zero-order valence-corrected chi connectivity index (χ0v) is 10.8. The number of aliphatic hydroxyl groups is 1. The van der Waals surface area contributed by atoms with E-state index in [9.17, 15) is 9.90 Å². The summed E-state index contributed by atoms with van der Waals surface area (Å²) in [5, 5.41) is 9.75. The molecule has 4 heteroatoms. The van der Waals surface area contributed by atoms with Gasteiger partial charge in [0.2, 0.25) is 0 Å². The lowest BCUT2D eigenvalue weighted by Gasteiger charge is -2.35. The van der Waals surface area contributed by atoms with Crippen molar-refractivity contribution < 1.29 is 14.6 Å². The van der Waals surface area contributed by atoms with Gasteiger partial charge in [-0.15, -0.1) is 0 Å². The Labute approximate surface area is 92.2 Å². The van der Waals surface area contributed by atoms with Crippen LogP contribution in [0.25, 0.3) is 0 Å². The second-order valence-electron chi connectivity index (χ2n) is 5.42. The SMILES string of the molecule is CC(N(C)C(=O)OC(C)(C)C)C(C)(C)O. The molecule has 0 fully saturated rings. The van der Waals surface area contributed by atoms with E-state index in [1.165, 1.54) is 4.90 Å². The van der Waals surface area contributed by atoms with E-state index in [-0.39, 0.29) is 6.04 Å². The smallest absolute Gasteiger partial charge is 0.410 e. The highest BCUT2D eigenvalue weighted by Crippen LogP contribution is 2.17. The molecule has 0 aliphatic heterocycles. The molecule has 15 heavy (non-hydrogen) atoms. The third-order valence-corrected chi connectivity index (χ3v) is 2.28. The van der Waals surface area contributed by atoms with E-state index in [1.54, 1.807) is 27.8 Å². The maximum Gasteiger partial charge on any atom is 0.410 e. The lowest BCUT2D eigenvalue weighted by molar-refractivity contribution is -0.0240. The van der Waals surface area contributed by atoms with Crippen molar-refractivity contribution in [2.45, 2.75) is 58.8 Å². The molecular formula is C11H23NO3. The van der Waals surface area contributed by atoms with Crippen molar-refractivity contribution >= 4 is 6.09 Å². The van der Waals surface area contributed by atoms with Crippen molar-refractivity contribution in [1.82, 2.24) is 4.90 Å². The first-order valence-electron chi connectivity index (χ1n) is 5.13. The van der Waals surface area contributed by atoms with Gasteiger partial charge in [0, 0.05) is 7.05 Å². The summed E-state index contributed by atoms with van der Waals surface area (Å²) in [6, 6.07) is -0.299. The van der Waals surface area contributed by atoms with Gasteiger partial charge < -0.3 is 14.7 Å². The molecule has 0 saturated carbocycles. The number of nitrogens with zero attached hydrogens (tertiary/aromatic N) is 1. The fourth-order valence-corrected chi connectivity index (χ4v) is 0.966. The molecule has 0 aromatic heterocycles.